The molecule has 0 aliphatic carbocycles. The molecule has 0 atom stereocenters. The van der Waals surface area contributed by atoms with Gasteiger partial charge in [-0.1, -0.05) is 30.7 Å². The quantitative estimate of drug-likeness (QED) is 0.531. The molecule has 0 unspecified atom stereocenters. The molecule has 0 saturated carbocycles. The topological polar surface area (TPSA) is 66.5 Å². The monoisotopic (exact) mass is 460 g/mol. The summed E-state index contributed by atoms with van der Waals surface area (Å²) in [5.74, 6) is -0.776. The zero-order valence-corrected chi connectivity index (χ0v) is 18.5. The van der Waals surface area contributed by atoms with Crippen molar-refractivity contribution in [2.24, 2.45) is 0 Å². The molecular formula is C23H22ClFN2O3S. The van der Waals surface area contributed by atoms with Crippen LogP contribution in [0.1, 0.15) is 22.8 Å². The van der Waals surface area contributed by atoms with Gasteiger partial charge in [0.05, 0.1) is 17.1 Å². The number of benzene rings is 3. The highest BCUT2D eigenvalue weighted by Gasteiger charge is 2.25. The largest absolute Gasteiger partial charge is 0.350 e. The lowest BCUT2D eigenvalue weighted by Gasteiger charge is -2.25. The van der Waals surface area contributed by atoms with Crippen LogP contribution in [0.4, 0.5) is 10.1 Å². The zero-order chi connectivity index (χ0) is 22.4. The molecule has 3 aromatic rings. The molecule has 0 radical (unpaired) electrons. The summed E-state index contributed by atoms with van der Waals surface area (Å²) in [6.45, 7) is 2.06. The summed E-state index contributed by atoms with van der Waals surface area (Å²) in [6, 6.07) is 18.1. The first-order valence-corrected chi connectivity index (χ1v) is 11.5. The highest BCUT2D eigenvalue weighted by Crippen LogP contribution is 2.24. The number of hydrogen-bond donors (Lipinski definition) is 1. The van der Waals surface area contributed by atoms with Gasteiger partial charge in [-0.3, -0.25) is 9.10 Å². The van der Waals surface area contributed by atoms with E-state index in [4.69, 9.17) is 11.6 Å². The first-order chi connectivity index (χ1) is 14.8. The lowest BCUT2D eigenvalue weighted by molar-refractivity contribution is 0.0955. The Morgan fingerprint density at radius 1 is 0.968 bits per heavy atom. The Morgan fingerprint density at radius 3 is 2.16 bits per heavy atom. The van der Waals surface area contributed by atoms with Crippen molar-refractivity contribution < 1.29 is 17.6 Å². The molecular weight excluding hydrogens is 439 g/mol. The van der Waals surface area contributed by atoms with Crippen molar-refractivity contribution in [2.75, 3.05) is 17.4 Å². The summed E-state index contributed by atoms with van der Waals surface area (Å²) < 4.78 is 41.0. The van der Waals surface area contributed by atoms with Crippen LogP contribution in [-0.4, -0.2) is 27.4 Å². The summed E-state index contributed by atoms with van der Waals surface area (Å²) in [5.41, 5.74) is 1.90. The number of nitrogens with zero attached hydrogens (tertiary/aromatic N) is 1. The summed E-state index contributed by atoms with van der Waals surface area (Å²) in [7, 11) is -3.95. The lowest BCUT2D eigenvalue weighted by Crippen LogP contribution is -2.38. The van der Waals surface area contributed by atoms with Gasteiger partial charge in [0.1, 0.15) is 5.82 Å². The SMILES string of the molecule is CCc1ccc(C(=O)NCCN(c2ccc(F)cc2)S(=O)(=O)c2ccc(Cl)cc2)cc1. The number of hydrogen-bond acceptors (Lipinski definition) is 3. The van der Waals surface area contributed by atoms with Crippen LogP contribution in [0.3, 0.4) is 0 Å². The van der Waals surface area contributed by atoms with Crippen LogP contribution in [0.25, 0.3) is 0 Å². The first-order valence-electron chi connectivity index (χ1n) is 9.72. The number of nitrogens with one attached hydrogen (secondary N) is 1. The maximum Gasteiger partial charge on any atom is 0.264 e. The first kappa shape index (κ1) is 22.8. The number of halogens is 2. The van der Waals surface area contributed by atoms with E-state index in [1.807, 2.05) is 19.1 Å². The molecule has 0 aromatic heterocycles. The molecule has 0 fully saturated rings. The van der Waals surface area contributed by atoms with Crippen LogP contribution < -0.4 is 9.62 Å². The maximum absolute atomic E-state index is 13.4. The van der Waals surface area contributed by atoms with Gasteiger partial charge in [0.25, 0.3) is 15.9 Å². The Balaban J connectivity index is 1.79. The van der Waals surface area contributed by atoms with Crippen molar-refractivity contribution in [1.29, 1.82) is 0 Å². The van der Waals surface area contributed by atoms with Crippen molar-refractivity contribution >= 4 is 33.2 Å². The van der Waals surface area contributed by atoms with Crippen LogP contribution in [0.15, 0.2) is 77.7 Å². The maximum atomic E-state index is 13.4. The number of amides is 1. The minimum absolute atomic E-state index is 0.0324. The van der Waals surface area contributed by atoms with Gasteiger partial charge >= 0.3 is 0 Å². The second kappa shape index (κ2) is 9.94. The molecule has 8 heteroatoms. The fourth-order valence-corrected chi connectivity index (χ4v) is 4.59. The Hall–Kier alpha value is -2.90. The van der Waals surface area contributed by atoms with Gasteiger partial charge in [-0.2, -0.15) is 0 Å². The van der Waals surface area contributed by atoms with Gasteiger partial charge in [-0.15, -0.1) is 0 Å². The molecule has 1 amide bonds. The van der Waals surface area contributed by atoms with Crippen LogP contribution in [-0.2, 0) is 16.4 Å². The number of carbonyl (C=O) groups is 1. The van der Waals surface area contributed by atoms with Gasteiger partial charge in [-0.05, 0) is 72.6 Å². The summed E-state index contributed by atoms with van der Waals surface area (Å²) >= 11 is 5.87. The Labute approximate surface area is 186 Å². The van der Waals surface area contributed by atoms with Gasteiger partial charge in [0, 0.05) is 17.1 Å². The van der Waals surface area contributed by atoms with E-state index >= 15 is 0 Å². The summed E-state index contributed by atoms with van der Waals surface area (Å²) in [6.07, 6.45) is 0.872. The van der Waals surface area contributed by atoms with Gasteiger partial charge in [-0.25, -0.2) is 12.8 Å². The van der Waals surface area contributed by atoms with Crippen LogP contribution in [0.5, 0.6) is 0 Å². The number of rotatable bonds is 8. The predicted octanol–water partition coefficient (Wildman–Crippen LogP) is 4.67. The lowest BCUT2D eigenvalue weighted by atomic mass is 10.1. The number of aryl methyl sites for hydroxylation is 1. The second-order valence-corrected chi connectivity index (χ2v) is 9.11. The molecule has 0 aliphatic rings. The van der Waals surface area contributed by atoms with E-state index < -0.39 is 15.8 Å². The average molecular weight is 461 g/mol. The normalized spacial score (nSPS) is 11.2. The smallest absolute Gasteiger partial charge is 0.264 e. The minimum atomic E-state index is -3.95. The third-order valence-corrected chi connectivity index (χ3v) is 6.83. The van der Waals surface area contributed by atoms with E-state index in [1.54, 1.807) is 12.1 Å². The summed E-state index contributed by atoms with van der Waals surface area (Å²) in [4.78, 5) is 12.5. The third-order valence-electron chi connectivity index (χ3n) is 4.74. The number of sulfonamides is 1. The van der Waals surface area contributed by atoms with E-state index in [2.05, 4.69) is 5.32 Å². The minimum Gasteiger partial charge on any atom is -0.350 e. The number of carbonyl (C=O) groups excluding carboxylic acids is 1. The molecule has 1 N–H and O–H groups in total. The molecule has 3 rings (SSSR count). The van der Waals surface area contributed by atoms with Crippen LogP contribution in [0, 0.1) is 5.82 Å². The van der Waals surface area contributed by atoms with Crippen LogP contribution >= 0.6 is 11.6 Å². The molecule has 0 heterocycles. The molecule has 0 aliphatic heterocycles. The molecule has 0 bridgehead atoms. The van der Waals surface area contributed by atoms with Crippen molar-refractivity contribution in [1.82, 2.24) is 5.32 Å². The zero-order valence-electron chi connectivity index (χ0n) is 16.9. The van der Waals surface area contributed by atoms with Crippen LogP contribution in [0.2, 0.25) is 5.02 Å². The third kappa shape index (κ3) is 5.62. The van der Waals surface area contributed by atoms with E-state index in [1.165, 1.54) is 48.5 Å². The molecule has 5 nitrogen and oxygen atoms in total. The fraction of sp³-hybridized carbons (Fsp3) is 0.174. The van der Waals surface area contributed by atoms with E-state index in [0.717, 1.165) is 16.3 Å². The molecule has 31 heavy (non-hydrogen) atoms. The van der Waals surface area contributed by atoms with Gasteiger partial charge in [0.2, 0.25) is 0 Å². The van der Waals surface area contributed by atoms with Crippen molar-refractivity contribution in [3.05, 3.63) is 94.8 Å². The summed E-state index contributed by atoms with van der Waals surface area (Å²) in [5, 5.41) is 3.15. The average Bonchev–Trinajstić information content (AvgIpc) is 2.77. The van der Waals surface area contributed by atoms with Gasteiger partial charge < -0.3 is 5.32 Å². The Morgan fingerprint density at radius 2 is 1.58 bits per heavy atom. The van der Waals surface area contributed by atoms with Gasteiger partial charge in [0.15, 0.2) is 0 Å². The Kier molecular flexibility index (Phi) is 7.30. The highest BCUT2D eigenvalue weighted by molar-refractivity contribution is 7.92. The molecule has 0 spiro atoms. The second-order valence-electron chi connectivity index (χ2n) is 6.81. The standard InChI is InChI=1S/C23H22ClFN2O3S/c1-2-17-3-5-18(6-4-17)23(28)26-15-16-27(21-11-9-20(25)10-12-21)31(29,30)22-13-7-19(24)8-14-22/h3-14H,2,15-16H2,1H3,(H,26,28). The van der Waals surface area contributed by atoms with Crippen molar-refractivity contribution in [3.8, 4) is 0 Å². The molecule has 162 valence electrons. The number of anilines is 1. The molecule has 0 saturated heterocycles. The predicted molar refractivity (Wildman–Crippen MR) is 121 cm³/mol. The fourth-order valence-electron chi connectivity index (χ4n) is 2.99. The Bertz CT molecular complexity index is 1130. The van der Waals surface area contributed by atoms with E-state index in [-0.39, 0.29) is 29.6 Å². The van der Waals surface area contributed by atoms with E-state index in [0.29, 0.717) is 10.6 Å². The van der Waals surface area contributed by atoms with Crippen molar-refractivity contribution in [3.63, 3.8) is 0 Å². The highest BCUT2D eigenvalue weighted by atomic mass is 35.5. The molecule has 3 aromatic carbocycles. The van der Waals surface area contributed by atoms with Crippen molar-refractivity contribution in [2.45, 2.75) is 18.2 Å². The van der Waals surface area contributed by atoms with E-state index in [9.17, 15) is 17.6 Å².